The first kappa shape index (κ1) is 20.4. The molecule has 0 radical (unpaired) electrons. The van der Waals surface area contributed by atoms with Crippen LogP contribution < -0.4 is 10.3 Å². The molecule has 11 heteroatoms. The Morgan fingerprint density at radius 3 is 2.23 bits per heavy atom. The molecule has 0 aliphatic heterocycles. The number of nitrogens with zero attached hydrogens (tertiary/aromatic N) is 2. The van der Waals surface area contributed by atoms with Crippen molar-refractivity contribution in [3.63, 3.8) is 0 Å². The largest absolute Gasteiger partial charge is 0.408 e. The Balaban J connectivity index is 2.57. The zero-order valence-corrected chi connectivity index (χ0v) is 15.5. The Morgan fingerprint density at radius 2 is 1.73 bits per heavy atom. The van der Waals surface area contributed by atoms with Gasteiger partial charge in [-0.3, -0.25) is 4.79 Å². The molecule has 0 aliphatic carbocycles. The maximum absolute atomic E-state index is 13.5. The first-order chi connectivity index (χ1) is 11.8. The highest BCUT2D eigenvalue weighted by molar-refractivity contribution is 7.89. The van der Waals surface area contributed by atoms with E-state index in [1.807, 2.05) is 0 Å². The summed E-state index contributed by atoms with van der Waals surface area (Å²) in [6, 6.07) is 2.09. The lowest BCUT2D eigenvalue weighted by molar-refractivity contribution is -0.153. The summed E-state index contributed by atoms with van der Waals surface area (Å²) in [5.41, 5.74) is -1.36. The minimum absolute atomic E-state index is 0.0888. The average molecular weight is 410 g/mol. The monoisotopic (exact) mass is 409 g/mol. The van der Waals surface area contributed by atoms with Crippen LogP contribution in [0.3, 0.4) is 0 Å². The molecule has 0 saturated carbocycles. The molecule has 6 nitrogen and oxygen atoms in total. The molecular formula is C15H15ClF3N3O3S. The lowest BCUT2D eigenvalue weighted by atomic mass is 10.1. The number of benzene rings is 1. The van der Waals surface area contributed by atoms with Gasteiger partial charge in [0, 0.05) is 17.6 Å². The Morgan fingerprint density at radius 1 is 1.19 bits per heavy atom. The highest BCUT2D eigenvalue weighted by atomic mass is 35.5. The topological polar surface area (TPSA) is 81.1 Å². The minimum Gasteiger partial charge on any atom is -0.267 e. The molecule has 1 atom stereocenters. The van der Waals surface area contributed by atoms with Crippen LogP contribution in [0.1, 0.15) is 22.9 Å². The van der Waals surface area contributed by atoms with E-state index < -0.39 is 32.7 Å². The number of hydrogen-bond acceptors (Lipinski definition) is 4. The smallest absolute Gasteiger partial charge is 0.267 e. The van der Waals surface area contributed by atoms with E-state index in [0.717, 1.165) is 16.8 Å². The number of sulfonamides is 1. The molecule has 1 aromatic carbocycles. The fourth-order valence-electron chi connectivity index (χ4n) is 2.52. The molecule has 0 bridgehead atoms. The van der Waals surface area contributed by atoms with E-state index in [9.17, 15) is 26.4 Å². The molecule has 0 spiro atoms. The van der Waals surface area contributed by atoms with Crippen LogP contribution >= 0.6 is 11.6 Å². The van der Waals surface area contributed by atoms with Gasteiger partial charge in [0.1, 0.15) is 10.9 Å². The zero-order valence-electron chi connectivity index (χ0n) is 13.9. The summed E-state index contributed by atoms with van der Waals surface area (Å²) < 4.78 is 68.1. The molecule has 0 saturated heterocycles. The minimum atomic E-state index is -4.91. The van der Waals surface area contributed by atoms with Gasteiger partial charge in [-0.05, 0) is 31.5 Å². The third-order valence-electron chi connectivity index (χ3n) is 3.66. The maximum atomic E-state index is 13.5. The zero-order chi connectivity index (χ0) is 19.9. The second-order valence-corrected chi connectivity index (χ2v) is 7.70. The summed E-state index contributed by atoms with van der Waals surface area (Å²) in [5, 5.41) is 3.95. The van der Waals surface area contributed by atoms with Gasteiger partial charge < -0.3 is 0 Å². The van der Waals surface area contributed by atoms with Crippen molar-refractivity contribution in [2.24, 2.45) is 7.05 Å². The van der Waals surface area contributed by atoms with Crippen LogP contribution in [0.25, 0.3) is 0 Å². The second-order valence-electron chi connectivity index (χ2n) is 5.62. The van der Waals surface area contributed by atoms with Gasteiger partial charge in [-0.15, -0.1) is 0 Å². The second kappa shape index (κ2) is 7.01. The third kappa shape index (κ3) is 4.08. The summed E-state index contributed by atoms with van der Waals surface area (Å²) in [4.78, 5) is 11.4. The predicted octanol–water partition coefficient (Wildman–Crippen LogP) is 2.63. The normalized spacial score (nSPS) is 13.7. The Bertz CT molecular complexity index is 986. The molecule has 1 N–H and O–H groups in total. The Kier molecular flexibility index (Phi) is 5.50. The van der Waals surface area contributed by atoms with Gasteiger partial charge in [-0.1, -0.05) is 23.7 Å². The summed E-state index contributed by atoms with van der Waals surface area (Å²) in [6.07, 6.45) is -4.91. The number of halogens is 4. The van der Waals surface area contributed by atoms with Crippen LogP contribution in [0.15, 0.2) is 34.0 Å². The number of rotatable bonds is 4. The number of nitrogens with one attached hydrogen (secondary N) is 1. The van der Waals surface area contributed by atoms with Gasteiger partial charge >= 0.3 is 6.18 Å². The first-order valence-electron chi connectivity index (χ1n) is 7.23. The Labute approximate surface area is 152 Å². The molecule has 0 amide bonds. The Hall–Kier alpha value is -1.91. The summed E-state index contributed by atoms with van der Waals surface area (Å²) in [7, 11) is -3.36. The number of hydrogen-bond donors (Lipinski definition) is 1. The van der Waals surface area contributed by atoms with Crippen LogP contribution in [-0.4, -0.2) is 24.4 Å². The molecule has 2 rings (SSSR count). The lowest BCUT2D eigenvalue weighted by Gasteiger charge is -2.23. The van der Waals surface area contributed by atoms with Crippen molar-refractivity contribution in [2.75, 3.05) is 0 Å². The summed E-state index contributed by atoms with van der Waals surface area (Å²) in [5.74, 6) is 0. The highest BCUT2D eigenvalue weighted by Crippen LogP contribution is 2.34. The third-order valence-corrected chi connectivity index (χ3v) is 5.59. The van der Waals surface area contributed by atoms with Gasteiger partial charge in [0.15, 0.2) is 0 Å². The van der Waals surface area contributed by atoms with E-state index in [1.165, 1.54) is 33.0 Å². The van der Waals surface area contributed by atoms with Crippen molar-refractivity contribution in [2.45, 2.75) is 31.0 Å². The van der Waals surface area contributed by atoms with Crippen LogP contribution in [0, 0.1) is 13.8 Å². The molecule has 0 fully saturated rings. The molecule has 26 heavy (non-hydrogen) atoms. The van der Waals surface area contributed by atoms with Crippen LogP contribution in [0.5, 0.6) is 0 Å². The van der Waals surface area contributed by atoms with Gasteiger partial charge in [-0.25, -0.2) is 13.1 Å². The van der Waals surface area contributed by atoms with Crippen LogP contribution in [0.2, 0.25) is 5.02 Å². The molecule has 1 aromatic heterocycles. The molecule has 142 valence electrons. The van der Waals surface area contributed by atoms with Crippen molar-refractivity contribution in [1.29, 1.82) is 0 Å². The standard InChI is InChI=1S/C15H15ClF3N3O3S/c1-8-12(9(2)20-22(3)14(8)23)26(24,25)21-13(15(17,18)19)10-4-6-11(16)7-5-10/h4-7,13,21H,1-3H3/t13-/m1/s1. The van der Waals surface area contributed by atoms with E-state index in [2.05, 4.69) is 5.10 Å². The number of aromatic nitrogens is 2. The molecule has 1 heterocycles. The lowest BCUT2D eigenvalue weighted by Crippen LogP contribution is -2.39. The first-order valence-corrected chi connectivity index (χ1v) is 9.09. The van der Waals surface area contributed by atoms with Gasteiger partial charge in [-0.2, -0.15) is 23.0 Å². The van der Waals surface area contributed by atoms with E-state index in [4.69, 9.17) is 11.6 Å². The van der Waals surface area contributed by atoms with E-state index in [-0.39, 0.29) is 21.8 Å². The quantitative estimate of drug-likeness (QED) is 0.841. The molecular weight excluding hydrogens is 395 g/mol. The highest BCUT2D eigenvalue weighted by Gasteiger charge is 2.44. The number of alkyl halides is 3. The predicted molar refractivity (Wildman–Crippen MR) is 89.5 cm³/mol. The van der Waals surface area contributed by atoms with Crippen molar-refractivity contribution < 1.29 is 21.6 Å². The van der Waals surface area contributed by atoms with Gasteiger partial charge in [0.25, 0.3) is 5.56 Å². The van der Waals surface area contributed by atoms with Crippen LogP contribution in [0.4, 0.5) is 13.2 Å². The average Bonchev–Trinajstić information content (AvgIpc) is 2.50. The molecule has 0 aliphatic rings. The van der Waals surface area contributed by atoms with Crippen molar-refractivity contribution in [3.05, 3.63) is 56.5 Å². The van der Waals surface area contributed by atoms with Crippen molar-refractivity contribution in [1.82, 2.24) is 14.5 Å². The van der Waals surface area contributed by atoms with Crippen molar-refractivity contribution >= 4 is 21.6 Å². The number of aryl methyl sites for hydroxylation is 2. The molecule has 2 aromatic rings. The summed E-state index contributed by atoms with van der Waals surface area (Å²) >= 11 is 5.67. The molecule has 0 unspecified atom stereocenters. The maximum Gasteiger partial charge on any atom is 0.408 e. The SMILES string of the molecule is Cc1nn(C)c(=O)c(C)c1S(=O)(=O)N[C@H](c1ccc(Cl)cc1)C(F)(F)F. The summed E-state index contributed by atoms with van der Waals surface area (Å²) in [6.45, 7) is 2.52. The fraction of sp³-hybridized carbons (Fsp3) is 0.333. The van der Waals surface area contributed by atoms with E-state index in [1.54, 1.807) is 4.72 Å². The van der Waals surface area contributed by atoms with Crippen LogP contribution in [-0.2, 0) is 17.1 Å². The van der Waals surface area contributed by atoms with Gasteiger partial charge in [0.2, 0.25) is 10.0 Å². The van der Waals surface area contributed by atoms with Crippen molar-refractivity contribution in [3.8, 4) is 0 Å². The van der Waals surface area contributed by atoms with E-state index >= 15 is 0 Å². The van der Waals surface area contributed by atoms with Gasteiger partial charge in [0.05, 0.1) is 5.69 Å². The fourth-order valence-corrected chi connectivity index (χ4v) is 4.26. The van der Waals surface area contributed by atoms with E-state index in [0.29, 0.717) is 0 Å².